The number of hydrogen-bond donors (Lipinski definition) is 1. The summed E-state index contributed by atoms with van der Waals surface area (Å²) in [5.41, 5.74) is 0.935. The molecule has 0 aromatic heterocycles. The van der Waals surface area contributed by atoms with Crippen molar-refractivity contribution >= 4 is 5.91 Å². The van der Waals surface area contributed by atoms with Gasteiger partial charge in [0, 0.05) is 13.7 Å². The maximum Gasteiger partial charge on any atom is 0.249 e. The molecule has 0 saturated carbocycles. The first-order valence-corrected chi connectivity index (χ1v) is 8.75. The lowest BCUT2D eigenvalue weighted by Crippen LogP contribution is -2.36. The minimum Gasteiger partial charge on any atom is -0.493 e. The molecule has 0 bridgehead atoms. The van der Waals surface area contributed by atoms with Crippen molar-refractivity contribution in [1.82, 2.24) is 5.32 Å². The first kappa shape index (κ1) is 21.3. The van der Waals surface area contributed by atoms with Crippen LogP contribution in [0.25, 0.3) is 0 Å². The van der Waals surface area contributed by atoms with Crippen molar-refractivity contribution < 1.29 is 23.7 Å². The third-order valence-electron chi connectivity index (χ3n) is 3.83. The molecule has 1 rings (SSSR count). The fraction of sp³-hybridized carbons (Fsp3) is 0.632. The van der Waals surface area contributed by atoms with Crippen molar-refractivity contribution in [1.29, 1.82) is 0 Å². The second-order valence-corrected chi connectivity index (χ2v) is 5.85. The molecular formula is C19H31NO5. The predicted octanol–water partition coefficient (Wildman–Crippen LogP) is 3.10. The maximum atomic E-state index is 12.2. The van der Waals surface area contributed by atoms with Crippen LogP contribution in [-0.4, -0.2) is 46.1 Å². The lowest BCUT2D eigenvalue weighted by molar-refractivity contribution is -0.132. The van der Waals surface area contributed by atoms with Gasteiger partial charge in [-0.05, 0) is 38.0 Å². The van der Waals surface area contributed by atoms with Crippen molar-refractivity contribution in [2.75, 3.05) is 34.0 Å². The van der Waals surface area contributed by atoms with E-state index in [4.69, 9.17) is 18.9 Å². The van der Waals surface area contributed by atoms with Crippen LogP contribution in [0, 0.1) is 0 Å². The SMILES string of the molecule is CCCCOC(C)C(=O)NC(C)c1ccc(OCCOC)c(OC)c1. The van der Waals surface area contributed by atoms with Crippen molar-refractivity contribution in [2.45, 2.75) is 45.8 Å². The van der Waals surface area contributed by atoms with E-state index >= 15 is 0 Å². The van der Waals surface area contributed by atoms with Gasteiger partial charge in [0.2, 0.25) is 5.91 Å². The van der Waals surface area contributed by atoms with Gasteiger partial charge < -0.3 is 24.3 Å². The number of methoxy groups -OCH3 is 2. The number of benzene rings is 1. The number of unbranched alkanes of at least 4 members (excludes halogenated alkanes) is 1. The summed E-state index contributed by atoms with van der Waals surface area (Å²) >= 11 is 0. The van der Waals surface area contributed by atoms with Crippen LogP contribution in [0.2, 0.25) is 0 Å². The monoisotopic (exact) mass is 353 g/mol. The smallest absolute Gasteiger partial charge is 0.249 e. The topological polar surface area (TPSA) is 66.0 Å². The normalized spacial score (nSPS) is 13.2. The average Bonchev–Trinajstić information content (AvgIpc) is 2.62. The van der Waals surface area contributed by atoms with Gasteiger partial charge in [-0.1, -0.05) is 19.4 Å². The predicted molar refractivity (Wildman–Crippen MR) is 97.2 cm³/mol. The number of nitrogens with one attached hydrogen (secondary N) is 1. The van der Waals surface area contributed by atoms with Crippen LogP contribution >= 0.6 is 0 Å². The van der Waals surface area contributed by atoms with Gasteiger partial charge in [-0.25, -0.2) is 0 Å². The maximum absolute atomic E-state index is 12.2. The molecule has 1 aromatic carbocycles. The summed E-state index contributed by atoms with van der Waals surface area (Å²) in [6.45, 7) is 7.34. The second kappa shape index (κ2) is 11.7. The molecule has 25 heavy (non-hydrogen) atoms. The summed E-state index contributed by atoms with van der Waals surface area (Å²) in [6.07, 6.45) is 1.53. The van der Waals surface area contributed by atoms with Gasteiger partial charge >= 0.3 is 0 Å². The van der Waals surface area contributed by atoms with E-state index in [0.29, 0.717) is 31.3 Å². The fourth-order valence-electron chi connectivity index (χ4n) is 2.20. The Balaban J connectivity index is 2.65. The number of amides is 1. The number of hydrogen-bond acceptors (Lipinski definition) is 5. The molecule has 0 aliphatic rings. The molecule has 2 atom stereocenters. The summed E-state index contributed by atoms with van der Waals surface area (Å²) in [4.78, 5) is 12.2. The molecule has 0 radical (unpaired) electrons. The Bertz CT molecular complexity index is 521. The largest absolute Gasteiger partial charge is 0.493 e. The summed E-state index contributed by atoms with van der Waals surface area (Å²) in [6, 6.07) is 5.47. The standard InChI is InChI=1S/C19H31NO5/c1-6-7-10-24-15(3)19(21)20-14(2)16-8-9-17(18(13-16)23-5)25-12-11-22-4/h8-9,13-15H,6-7,10-12H2,1-5H3,(H,20,21). The zero-order chi connectivity index (χ0) is 18.7. The number of carbonyl (C=O) groups is 1. The molecule has 0 heterocycles. The van der Waals surface area contributed by atoms with Gasteiger partial charge in [-0.2, -0.15) is 0 Å². The highest BCUT2D eigenvalue weighted by atomic mass is 16.5. The van der Waals surface area contributed by atoms with Gasteiger partial charge in [-0.15, -0.1) is 0 Å². The lowest BCUT2D eigenvalue weighted by Gasteiger charge is -2.19. The van der Waals surface area contributed by atoms with Crippen LogP contribution in [0.4, 0.5) is 0 Å². The summed E-state index contributed by atoms with van der Waals surface area (Å²) in [5.74, 6) is 1.16. The van der Waals surface area contributed by atoms with Crippen LogP contribution in [-0.2, 0) is 14.3 Å². The number of rotatable bonds is 12. The Kier molecular flexibility index (Phi) is 9.96. The lowest BCUT2D eigenvalue weighted by atomic mass is 10.1. The van der Waals surface area contributed by atoms with E-state index in [1.54, 1.807) is 21.1 Å². The number of carbonyl (C=O) groups excluding carboxylic acids is 1. The Morgan fingerprint density at radius 2 is 1.88 bits per heavy atom. The molecular weight excluding hydrogens is 322 g/mol. The molecule has 1 N–H and O–H groups in total. The van der Waals surface area contributed by atoms with Crippen LogP contribution < -0.4 is 14.8 Å². The zero-order valence-corrected chi connectivity index (χ0v) is 16.0. The summed E-state index contributed by atoms with van der Waals surface area (Å²) < 4.78 is 21.5. The van der Waals surface area contributed by atoms with Crippen molar-refractivity contribution in [3.63, 3.8) is 0 Å². The molecule has 0 fully saturated rings. The molecule has 2 unspecified atom stereocenters. The molecule has 0 saturated heterocycles. The van der Waals surface area contributed by atoms with Crippen molar-refractivity contribution in [3.8, 4) is 11.5 Å². The molecule has 1 aromatic rings. The molecule has 6 heteroatoms. The van der Waals surface area contributed by atoms with Crippen molar-refractivity contribution in [3.05, 3.63) is 23.8 Å². The summed E-state index contributed by atoms with van der Waals surface area (Å²) in [5, 5.41) is 2.97. The van der Waals surface area contributed by atoms with Crippen LogP contribution in [0.15, 0.2) is 18.2 Å². The number of ether oxygens (including phenoxy) is 4. The minimum atomic E-state index is -0.465. The third-order valence-corrected chi connectivity index (χ3v) is 3.83. The highest BCUT2D eigenvalue weighted by Crippen LogP contribution is 2.30. The first-order valence-electron chi connectivity index (χ1n) is 8.75. The summed E-state index contributed by atoms with van der Waals surface area (Å²) in [7, 11) is 3.22. The molecule has 0 aliphatic carbocycles. The molecule has 6 nitrogen and oxygen atoms in total. The van der Waals surface area contributed by atoms with E-state index in [-0.39, 0.29) is 11.9 Å². The Hall–Kier alpha value is -1.79. The minimum absolute atomic E-state index is 0.122. The van der Waals surface area contributed by atoms with E-state index in [1.165, 1.54) is 0 Å². The Morgan fingerprint density at radius 3 is 2.52 bits per heavy atom. The second-order valence-electron chi connectivity index (χ2n) is 5.85. The highest BCUT2D eigenvalue weighted by Gasteiger charge is 2.17. The van der Waals surface area contributed by atoms with Crippen molar-refractivity contribution in [2.24, 2.45) is 0 Å². The van der Waals surface area contributed by atoms with E-state index in [2.05, 4.69) is 12.2 Å². The van der Waals surface area contributed by atoms with Gasteiger partial charge in [0.15, 0.2) is 11.5 Å². The molecule has 0 spiro atoms. The third kappa shape index (κ3) is 7.32. The van der Waals surface area contributed by atoms with E-state index in [9.17, 15) is 4.79 Å². The van der Waals surface area contributed by atoms with Gasteiger partial charge in [0.1, 0.15) is 12.7 Å². The fourth-order valence-corrected chi connectivity index (χ4v) is 2.20. The van der Waals surface area contributed by atoms with E-state index in [1.807, 2.05) is 25.1 Å². The van der Waals surface area contributed by atoms with E-state index < -0.39 is 6.10 Å². The quantitative estimate of drug-likeness (QED) is 0.585. The van der Waals surface area contributed by atoms with E-state index in [0.717, 1.165) is 18.4 Å². The molecule has 0 aliphatic heterocycles. The van der Waals surface area contributed by atoms with Gasteiger partial charge in [0.25, 0.3) is 0 Å². The molecule has 1 amide bonds. The average molecular weight is 353 g/mol. The Morgan fingerprint density at radius 1 is 1.12 bits per heavy atom. The zero-order valence-electron chi connectivity index (χ0n) is 16.0. The Labute approximate surface area is 150 Å². The van der Waals surface area contributed by atoms with Gasteiger partial charge in [-0.3, -0.25) is 4.79 Å². The first-order chi connectivity index (χ1) is 12.0. The molecule has 142 valence electrons. The van der Waals surface area contributed by atoms with Crippen LogP contribution in [0.3, 0.4) is 0 Å². The highest BCUT2D eigenvalue weighted by molar-refractivity contribution is 5.80. The van der Waals surface area contributed by atoms with Gasteiger partial charge in [0.05, 0.1) is 19.8 Å². The van der Waals surface area contributed by atoms with Crippen LogP contribution in [0.5, 0.6) is 11.5 Å². The van der Waals surface area contributed by atoms with Crippen LogP contribution in [0.1, 0.15) is 45.2 Å².